The predicted molar refractivity (Wildman–Crippen MR) is 192 cm³/mol. The number of rotatable bonds is 5. The second kappa shape index (κ2) is 10.5. The van der Waals surface area contributed by atoms with Gasteiger partial charge in [0, 0.05) is 43.7 Å². The van der Waals surface area contributed by atoms with Crippen molar-refractivity contribution in [2.24, 2.45) is 0 Å². The van der Waals surface area contributed by atoms with E-state index in [2.05, 4.69) is 30.3 Å². The summed E-state index contributed by atoms with van der Waals surface area (Å²) in [6.07, 6.45) is 0. The number of benzene rings is 7. The molecule has 0 radical (unpaired) electrons. The highest BCUT2D eigenvalue weighted by Crippen LogP contribution is 2.48. The van der Waals surface area contributed by atoms with Crippen molar-refractivity contribution in [3.05, 3.63) is 164 Å². The predicted octanol–water partition coefficient (Wildman–Crippen LogP) is 12.8. The number of hydrogen-bond donors (Lipinski definition) is 0. The largest absolute Gasteiger partial charge is 0.456 e. The first-order valence-electron chi connectivity index (χ1n) is 18.1. The minimum atomic E-state index is -0.466. The Labute approximate surface area is 274 Å². The van der Waals surface area contributed by atoms with Crippen LogP contribution in [0, 0.1) is 0 Å². The molecule has 0 aliphatic rings. The molecular formula is C42H27NOS. The van der Waals surface area contributed by atoms with Gasteiger partial charge >= 0.3 is 0 Å². The Morgan fingerprint density at radius 3 is 2.04 bits per heavy atom. The van der Waals surface area contributed by atoms with Crippen LogP contribution >= 0.6 is 11.3 Å². The van der Waals surface area contributed by atoms with Crippen molar-refractivity contribution in [3.8, 4) is 22.3 Å². The number of furan rings is 1. The summed E-state index contributed by atoms with van der Waals surface area (Å²) >= 11 is 1.62. The van der Waals surface area contributed by atoms with E-state index in [4.69, 9.17) is 9.90 Å². The third-order valence-electron chi connectivity index (χ3n) is 8.16. The SMILES string of the molecule is [2H]c1c([2H])c([2H])c2c(oc3c([2H])c(N(c4ccc(-c5ccccc5)cc4)c4ccc(-c5ccccc5)c5c4sc4ccccc45)c([2H])c([2H])c32)c1[2H]. The first kappa shape index (κ1) is 19.6. The lowest BCUT2D eigenvalue weighted by atomic mass is 9.98. The van der Waals surface area contributed by atoms with Crippen LogP contribution in [0.3, 0.4) is 0 Å². The molecule has 2 aromatic heterocycles. The van der Waals surface area contributed by atoms with E-state index in [0.717, 1.165) is 42.4 Å². The average Bonchev–Trinajstić information content (AvgIpc) is 3.78. The van der Waals surface area contributed by atoms with Gasteiger partial charge in [-0.25, -0.2) is 0 Å². The number of para-hydroxylation sites is 1. The lowest BCUT2D eigenvalue weighted by Crippen LogP contribution is -2.10. The number of thiophene rings is 1. The number of nitrogens with zero attached hydrogens (tertiary/aromatic N) is 1. The van der Waals surface area contributed by atoms with Gasteiger partial charge in [0.05, 0.1) is 20.0 Å². The van der Waals surface area contributed by atoms with Gasteiger partial charge in [-0.1, -0.05) is 115 Å². The Balaban J connectivity index is 1.38. The maximum absolute atomic E-state index is 9.60. The molecule has 212 valence electrons. The van der Waals surface area contributed by atoms with E-state index in [1.54, 1.807) is 11.3 Å². The van der Waals surface area contributed by atoms with E-state index in [9.17, 15) is 4.11 Å². The summed E-state index contributed by atoms with van der Waals surface area (Å²) in [5.74, 6) is 0. The highest BCUT2D eigenvalue weighted by Gasteiger charge is 2.21. The molecule has 0 saturated heterocycles. The van der Waals surface area contributed by atoms with E-state index in [1.165, 1.54) is 0 Å². The molecule has 45 heavy (non-hydrogen) atoms. The van der Waals surface area contributed by atoms with Crippen LogP contribution in [0.4, 0.5) is 17.1 Å². The molecule has 0 aliphatic heterocycles. The van der Waals surface area contributed by atoms with Crippen LogP contribution in [0.15, 0.2) is 168 Å². The molecule has 0 saturated carbocycles. The fraction of sp³-hybridized carbons (Fsp3) is 0. The summed E-state index contributed by atoms with van der Waals surface area (Å²) in [4.78, 5) is 1.84. The zero-order chi connectivity index (χ0) is 35.8. The summed E-state index contributed by atoms with van der Waals surface area (Å²) in [6.45, 7) is 0. The number of anilines is 3. The Morgan fingerprint density at radius 2 is 1.22 bits per heavy atom. The number of fused-ring (bicyclic) bond motifs is 6. The van der Waals surface area contributed by atoms with Crippen LogP contribution in [0.5, 0.6) is 0 Å². The third kappa shape index (κ3) is 4.32. The normalized spacial score (nSPS) is 13.7. The molecule has 2 nitrogen and oxygen atoms in total. The van der Waals surface area contributed by atoms with Gasteiger partial charge in [0.2, 0.25) is 0 Å². The Bertz CT molecular complexity index is 2870. The van der Waals surface area contributed by atoms with E-state index in [1.807, 2.05) is 95.9 Å². The Hall–Kier alpha value is -5.64. The molecule has 3 heteroatoms. The van der Waals surface area contributed by atoms with Gasteiger partial charge in [0.1, 0.15) is 11.2 Å². The van der Waals surface area contributed by atoms with Crippen molar-refractivity contribution in [2.45, 2.75) is 0 Å². The van der Waals surface area contributed by atoms with E-state index >= 15 is 0 Å². The molecule has 0 amide bonds. The van der Waals surface area contributed by atoms with Crippen LogP contribution in [-0.2, 0) is 0 Å². The molecule has 0 atom stereocenters. The molecule has 0 unspecified atom stereocenters. The summed E-state index contributed by atoms with van der Waals surface area (Å²) in [5, 5.41) is 2.13. The molecular weight excluding hydrogens is 567 g/mol. The molecule has 7 aromatic carbocycles. The van der Waals surface area contributed by atoms with Gasteiger partial charge in [0.25, 0.3) is 0 Å². The van der Waals surface area contributed by atoms with Crippen LogP contribution in [0.2, 0.25) is 0 Å². The maximum Gasteiger partial charge on any atom is 0.137 e. The molecule has 0 aliphatic carbocycles. The van der Waals surface area contributed by atoms with Gasteiger partial charge in [-0.05, 0) is 64.6 Å². The van der Waals surface area contributed by atoms with Crippen molar-refractivity contribution in [3.63, 3.8) is 0 Å². The van der Waals surface area contributed by atoms with Crippen molar-refractivity contribution in [1.29, 1.82) is 0 Å². The minimum Gasteiger partial charge on any atom is -0.456 e. The number of hydrogen-bond acceptors (Lipinski definition) is 3. The monoisotopic (exact) mass is 600 g/mol. The zero-order valence-electron chi connectivity index (χ0n) is 30.8. The molecule has 9 aromatic rings. The third-order valence-corrected chi connectivity index (χ3v) is 9.35. The van der Waals surface area contributed by atoms with Gasteiger partial charge in [-0.2, -0.15) is 0 Å². The van der Waals surface area contributed by atoms with E-state index < -0.39 is 18.1 Å². The molecule has 0 N–H and O–H groups in total. The maximum atomic E-state index is 9.60. The molecule has 0 fully saturated rings. The van der Waals surface area contributed by atoms with Crippen LogP contribution < -0.4 is 4.90 Å². The Kier molecular flexibility index (Phi) is 4.58. The van der Waals surface area contributed by atoms with Gasteiger partial charge in [-0.3, -0.25) is 0 Å². The van der Waals surface area contributed by atoms with E-state index in [-0.39, 0.29) is 51.8 Å². The molecule has 9 rings (SSSR count). The minimum absolute atomic E-state index is 0.00238. The van der Waals surface area contributed by atoms with Gasteiger partial charge in [-0.15, -0.1) is 11.3 Å². The van der Waals surface area contributed by atoms with Crippen molar-refractivity contribution in [1.82, 2.24) is 0 Å². The van der Waals surface area contributed by atoms with Crippen molar-refractivity contribution < 1.29 is 14.0 Å². The Morgan fingerprint density at radius 1 is 0.533 bits per heavy atom. The summed E-state index contributed by atoms with van der Waals surface area (Å²) in [5.41, 5.74) is 5.40. The fourth-order valence-electron chi connectivity index (χ4n) is 6.07. The zero-order valence-corrected chi connectivity index (χ0v) is 24.6. The van der Waals surface area contributed by atoms with Gasteiger partial charge in [0.15, 0.2) is 0 Å². The van der Waals surface area contributed by atoms with Crippen LogP contribution in [0.1, 0.15) is 9.60 Å². The van der Waals surface area contributed by atoms with Crippen LogP contribution in [0.25, 0.3) is 64.4 Å². The standard InChI is InChI=1S/C42H27NOS/c1-3-11-28(12-4-1)29-19-21-31(22-20-29)43(32-23-24-35-34-15-7-9-17-38(34)44-39(35)27-32)37-26-25-33(30-13-5-2-6-14-30)41-36-16-8-10-18-40(36)45-42(37)41/h1-27H/i7D,9D,15D,17D,23D,24D,27D. The summed E-state index contributed by atoms with van der Waals surface area (Å²) in [6, 6.07) is 37.9. The highest BCUT2D eigenvalue weighted by molar-refractivity contribution is 7.26. The highest BCUT2D eigenvalue weighted by atomic mass is 32.1. The summed E-state index contributed by atoms with van der Waals surface area (Å²) in [7, 11) is 0. The second-order valence-electron chi connectivity index (χ2n) is 10.8. The van der Waals surface area contributed by atoms with Crippen molar-refractivity contribution >= 4 is 70.5 Å². The lowest BCUT2D eigenvalue weighted by Gasteiger charge is -2.27. The quantitative estimate of drug-likeness (QED) is 0.195. The topological polar surface area (TPSA) is 16.4 Å². The molecule has 2 heterocycles. The van der Waals surface area contributed by atoms with Gasteiger partial charge < -0.3 is 9.32 Å². The van der Waals surface area contributed by atoms with E-state index in [0.29, 0.717) is 11.4 Å². The average molecular weight is 601 g/mol. The summed E-state index contributed by atoms with van der Waals surface area (Å²) < 4.78 is 70.1. The van der Waals surface area contributed by atoms with Crippen LogP contribution in [-0.4, -0.2) is 0 Å². The second-order valence-corrected chi connectivity index (χ2v) is 11.8. The lowest BCUT2D eigenvalue weighted by molar-refractivity contribution is 0.669. The smallest absolute Gasteiger partial charge is 0.137 e. The molecule has 0 bridgehead atoms. The molecule has 0 spiro atoms. The first-order valence-corrected chi connectivity index (χ1v) is 15.4. The van der Waals surface area contributed by atoms with Crippen molar-refractivity contribution in [2.75, 3.05) is 4.90 Å². The first-order chi connectivity index (χ1) is 25.2. The fourth-order valence-corrected chi connectivity index (χ4v) is 7.30.